The normalized spacial score (nSPS) is 31.0. The van der Waals surface area contributed by atoms with Crippen LogP contribution in [0.25, 0.3) is 0 Å². The standard InChI is InChI=1S/C14H27NO3/c16-12(10-18-9-11-6-7-11)8-15-13-4-2-1-3-5-14(13)17/h11-17H,1-10H2. The lowest BCUT2D eigenvalue weighted by atomic mass is 10.1. The van der Waals surface area contributed by atoms with E-state index in [9.17, 15) is 10.2 Å². The maximum atomic E-state index is 9.94. The van der Waals surface area contributed by atoms with E-state index in [0.29, 0.717) is 13.2 Å². The fraction of sp³-hybridized carbons (Fsp3) is 1.00. The molecule has 2 saturated carbocycles. The number of rotatable bonds is 7. The smallest absolute Gasteiger partial charge is 0.0897 e. The molecule has 3 unspecified atom stereocenters. The molecule has 0 saturated heterocycles. The molecule has 3 atom stereocenters. The van der Waals surface area contributed by atoms with Crippen molar-refractivity contribution in [3.05, 3.63) is 0 Å². The van der Waals surface area contributed by atoms with Crippen molar-refractivity contribution in [2.24, 2.45) is 5.92 Å². The first-order chi connectivity index (χ1) is 8.75. The van der Waals surface area contributed by atoms with Gasteiger partial charge in [0.2, 0.25) is 0 Å². The van der Waals surface area contributed by atoms with Crippen LogP contribution in [-0.4, -0.2) is 48.2 Å². The van der Waals surface area contributed by atoms with Crippen LogP contribution in [-0.2, 0) is 4.74 Å². The zero-order valence-electron chi connectivity index (χ0n) is 11.2. The molecule has 2 aliphatic carbocycles. The van der Waals surface area contributed by atoms with Gasteiger partial charge >= 0.3 is 0 Å². The van der Waals surface area contributed by atoms with Crippen LogP contribution in [0.15, 0.2) is 0 Å². The largest absolute Gasteiger partial charge is 0.392 e. The van der Waals surface area contributed by atoms with Crippen LogP contribution in [0.4, 0.5) is 0 Å². The number of nitrogens with one attached hydrogen (secondary N) is 1. The van der Waals surface area contributed by atoms with E-state index in [1.54, 1.807) is 0 Å². The average molecular weight is 257 g/mol. The number of aliphatic hydroxyl groups is 2. The first-order valence-corrected chi connectivity index (χ1v) is 7.43. The number of ether oxygens (including phenoxy) is 1. The molecular formula is C14H27NO3. The summed E-state index contributed by atoms with van der Waals surface area (Å²) in [6.45, 7) is 1.72. The molecule has 2 aliphatic rings. The molecular weight excluding hydrogens is 230 g/mol. The van der Waals surface area contributed by atoms with Crippen LogP contribution in [0.5, 0.6) is 0 Å². The van der Waals surface area contributed by atoms with Crippen LogP contribution in [0.2, 0.25) is 0 Å². The summed E-state index contributed by atoms with van der Waals surface area (Å²) in [6.07, 6.45) is 7.23. The Labute approximate surface area is 110 Å². The van der Waals surface area contributed by atoms with Crippen LogP contribution in [0.3, 0.4) is 0 Å². The van der Waals surface area contributed by atoms with E-state index in [4.69, 9.17) is 4.74 Å². The molecule has 0 bridgehead atoms. The molecule has 0 radical (unpaired) electrons. The summed E-state index contributed by atoms with van der Waals surface area (Å²) >= 11 is 0. The quantitative estimate of drug-likeness (QED) is 0.597. The maximum Gasteiger partial charge on any atom is 0.0897 e. The van der Waals surface area contributed by atoms with Gasteiger partial charge in [0.25, 0.3) is 0 Å². The molecule has 2 rings (SSSR count). The molecule has 4 nitrogen and oxygen atoms in total. The molecule has 3 N–H and O–H groups in total. The van der Waals surface area contributed by atoms with Gasteiger partial charge in [0.15, 0.2) is 0 Å². The fourth-order valence-corrected chi connectivity index (χ4v) is 2.53. The minimum absolute atomic E-state index is 0.144. The van der Waals surface area contributed by atoms with Crippen molar-refractivity contribution >= 4 is 0 Å². The third-order valence-corrected chi connectivity index (χ3v) is 3.96. The van der Waals surface area contributed by atoms with Crippen molar-refractivity contribution in [2.45, 2.75) is 63.2 Å². The Kier molecular flexibility index (Phi) is 5.89. The zero-order valence-corrected chi connectivity index (χ0v) is 11.2. The van der Waals surface area contributed by atoms with Crippen LogP contribution in [0, 0.1) is 5.92 Å². The van der Waals surface area contributed by atoms with Crippen LogP contribution >= 0.6 is 0 Å². The van der Waals surface area contributed by atoms with Crippen molar-refractivity contribution in [2.75, 3.05) is 19.8 Å². The van der Waals surface area contributed by atoms with Crippen molar-refractivity contribution in [1.29, 1.82) is 0 Å². The van der Waals surface area contributed by atoms with Gasteiger partial charge in [0.1, 0.15) is 0 Å². The first kappa shape index (κ1) is 14.3. The molecule has 106 valence electrons. The lowest BCUT2D eigenvalue weighted by Gasteiger charge is -2.23. The Morgan fingerprint density at radius 2 is 1.89 bits per heavy atom. The molecule has 0 aliphatic heterocycles. The molecule has 0 spiro atoms. The van der Waals surface area contributed by atoms with Gasteiger partial charge in [0, 0.05) is 19.2 Å². The highest BCUT2D eigenvalue weighted by molar-refractivity contribution is 4.80. The van der Waals surface area contributed by atoms with Gasteiger partial charge < -0.3 is 20.3 Å². The predicted molar refractivity (Wildman–Crippen MR) is 70.4 cm³/mol. The van der Waals surface area contributed by atoms with E-state index in [-0.39, 0.29) is 12.1 Å². The van der Waals surface area contributed by atoms with E-state index in [0.717, 1.165) is 31.8 Å². The predicted octanol–water partition coefficient (Wildman–Crippen LogP) is 1.06. The van der Waals surface area contributed by atoms with Gasteiger partial charge in [-0.2, -0.15) is 0 Å². The number of aliphatic hydroxyl groups excluding tert-OH is 2. The Morgan fingerprint density at radius 3 is 2.67 bits per heavy atom. The zero-order chi connectivity index (χ0) is 12.8. The number of hydrogen-bond acceptors (Lipinski definition) is 4. The van der Waals surface area contributed by atoms with Crippen molar-refractivity contribution in [1.82, 2.24) is 5.32 Å². The minimum Gasteiger partial charge on any atom is -0.392 e. The lowest BCUT2D eigenvalue weighted by Crippen LogP contribution is -2.43. The molecule has 0 aromatic carbocycles. The van der Waals surface area contributed by atoms with Gasteiger partial charge in [-0.25, -0.2) is 0 Å². The monoisotopic (exact) mass is 257 g/mol. The second-order valence-corrected chi connectivity index (χ2v) is 5.85. The average Bonchev–Trinajstić information content (AvgIpc) is 3.16. The molecule has 0 aromatic heterocycles. The van der Waals surface area contributed by atoms with Gasteiger partial charge in [-0.1, -0.05) is 19.3 Å². The Hall–Kier alpha value is -0.160. The molecule has 18 heavy (non-hydrogen) atoms. The summed E-state index contributed by atoms with van der Waals surface area (Å²) in [5.41, 5.74) is 0. The number of hydrogen-bond donors (Lipinski definition) is 3. The second kappa shape index (κ2) is 7.43. The summed E-state index contributed by atoms with van der Waals surface area (Å²) in [6, 6.07) is 0.144. The Morgan fingerprint density at radius 1 is 1.11 bits per heavy atom. The highest BCUT2D eigenvalue weighted by atomic mass is 16.5. The van der Waals surface area contributed by atoms with Gasteiger partial charge in [-0.3, -0.25) is 0 Å². The topological polar surface area (TPSA) is 61.7 Å². The van der Waals surface area contributed by atoms with Crippen molar-refractivity contribution in [3.8, 4) is 0 Å². The van der Waals surface area contributed by atoms with Gasteiger partial charge in [-0.05, 0) is 31.6 Å². The third kappa shape index (κ3) is 5.22. The van der Waals surface area contributed by atoms with Crippen molar-refractivity contribution < 1.29 is 14.9 Å². The molecule has 0 heterocycles. The minimum atomic E-state index is -0.459. The highest BCUT2D eigenvalue weighted by Crippen LogP contribution is 2.28. The summed E-state index contributed by atoms with van der Waals surface area (Å²) in [4.78, 5) is 0. The lowest BCUT2D eigenvalue weighted by molar-refractivity contribution is 0.0268. The SMILES string of the molecule is OC(CNC1CCCCCC1O)COCC1CC1. The second-order valence-electron chi connectivity index (χ2n) is 5.85. The molecule has 0 aromatic rings. The van der Waals surface area contributed by atoms with Crippen molar-refractivity contribution in [3.63, 3.8) is 0 Å². The maximum absolute atomic E-state index is 9.94. The molecule has 0 amide bonds. The van der Waals surface area contributed by atoms with Crippen LogP contribution < -0.4 is 5.32 Å². The highest BCUT2D eigenvalue weighted by Gasteiger charge is 2.23. The van der Waals surface area contributed by atoms with E-state index < -0.39 is 6.10 Å². The molecule has 2 fully saturated rings. The van der Waals surface area contributed by atoms with E-state index in [2.05, 4.69) is 5.32 Å². The summed E-state index contributed by atoms with van der Waals surface area (Å²) in [5.74, 6) is 0.744. The van der Waals surface area contributed by atoms with E-state index >= 15 is 0 Å². The fourth-order valence-electron chi connectivity index (χ4n) is 2.53. The summed E-state index contributed by atoms with van der Waals surface area (Å²) in [5, 5.41) is 23.0. The Bertz CT molecular complexity index is 233. The Balaban J connectivity index is 1.56. The summed E-state index contributed by atoms with van der Waals surface area (Å²) in [7, 11) is 0. The summed E-state index contributed by atoms with van der Waals surface area (Å²) < 4.78 is 5.46. The first-order valence-electron chi connectivity index (χ1n) is 7.43. The van der Waals surface area contributed by atoms with E-state index in [1.165, 1.54) is 25.7 Å². The van der Waals surface area contributed by atoms with E-state index in [1.807, 2.05) is 0 Å². The van der Waals surface area contributed by atoms with Gasteiger partial charge in [0.05, 0.1) is 18.8 Å². The molecule has 4 heteroatoms. The van der Waals surface area contributed by atoms with Gasteiger partial charge in [-0.15, -0.1) is 0 Å². The van der Waals surface area contributed by atoms with Crippen LogP contribution in [0.1, 0.15) is 44.9 Å². The third-order valence-electron chi connectivity index (χ3n) is 3.96.